The van der Waals surface area contributed by atoms with Gasteiger partial charge in [-0.05, 0) is 35.1 Å². The van der Waals surface area contributed by atoms with E-state index < -0.39 is 30.1 Å². The summed E-state index contributed by atoms with van der Waals surface area (Å²) in [5, 5.41) is 11.9. The number of hydrogen-bond acceptors (Lipinski definition) is 5. The highest BCUT2D eigenvalue weighted by atomic mass is 16.5. The number of hydrogen-bond donors (Lipinski definition) is 2. The second-order valence-electron chi connectivity index (χ2n) is 9.19. The van der Waals surface area contributed by atoms with E-state index in [0.29, 0.717) is 0 Å². The maximum absolute atomic E-state index is 13.3. The summed E-state index contributed by atoms with van der Waals surface area (Å²) in [6, 6.07) is 16.0. The molecule has 182 valence electrons. The van der Waals surface area contributed by atoms with Crippen molar-refractivity contribution in [1.29, 1.82) is 0 Å². The van der Waals surface area contributed by atoms with Crippen molar-refractivity contribution in [2.24, 2.45) is 5.92 Å². The molecular formula is C26H32N2O6. The molecule has 2 amide bonds. The van der Waals surface area contributed by atoms with Crippen molar-refractivity contribution in [3.63, 3.8) is 0 Å². The number of alkyl carbamates (subject to hydrolysis) is 1. The molecule has 0 fully saturated rings. The highest BCUT2D eigenvalue weighted by Crippen LogP contribution is 2.44. The smallest absolute Gasteiger partial charge is 0.408 e. The normalized spacial score (nSPS) is 14.1. The predicted molar refractivity (Wildman–Crippen MR) is 128 cm³/mol. The minimum absolute atomic E-state index is 0.0459. The first-order valence-electron chi connectivity index (χ1n) is 11.3. The summed E-state index contributed by atoms with van der Waals surface area (Å²) in [5.41, 5.74) is 2.91. The number of carboxylic acids is 1. The summed E-state index contributed by atoms with van der Waals surface area (Å²) in [6.45, 7) is 5.00. The fraction of sp³-hybridized carbons (Fsp3) is 0.423. The Bertz CT molecular complexity index is 1010. The third-order valence-electron chi connectivity index (χ3n) is 5.83. The van der Waals surface area contributed by atoms with Crippen LogP contribution in [0.5, 0.6) is 0 Å². The van der Waals surface area contributed by atoms with Crippen molar-refractivity contribution in [3.8, 4) is 11.1 Å². The number of carbonyl (C=O) groups excluding carboxylic acids is 2. The van der Waals surface area contributed by atoms with Crippen molar-refractivity contribution >= 4 is 18.0 Å². The molecule has 8 nitrogen and oxygen atoms in total. The van der Waals surface area contributed by atoms with Crippen LogP contribution in [-0.2, 0) is 19.1 Å². The van der Waals surface area contributed by atoms with Gasteiger partial charge in [0.15, 0.2) is 0 Å². The lowest BCUT2D eigenvalue weighted by Crippen LogP contribution is -2.61. The second-order valence-corrected chi connectivity index (χ2v) is 9.19. The molecule has 1 aliphatic rings. The molecule has 2 aromatic rings. The Kier molecular flexibility index (Phi) is 7.94. The standard InChI is InChI=1S/C26H32N2O6/c1-17(2)13-28(14-23(29)30)24(31)26(3,16-33-4)27-25(32)34-15-22-20-11-7-5-9-18(20)19-10-6-8-12-21(19)22/h5-12,17,22H,13-16H2,1-4H3,(H,27,32)(H,29,30). The van der Waals surface area contributed by atoms with Gasteiger partial charge >= 0.3 is 12.1 Å². The van der Waals surface area contributed by atoms with Gasteiger partial charge in [-0.25, -0.2) is 4.79 Å². The number of nitrogens with zero attached hydrogens (tertiary/aromatic N) is 1. The Labute approximate surface area is 199 Å². The first-order chi connectivity index (χ1) is 16.2. The SMILES string of the molecule is COCC(C)(NC(=O)OCC1c2ccccc2-c2ccccc21)C(=O)N(CC(=O)O)CC(C)C. The Morgan fingerprint density at radius 3 is 2.12 bits per heavy atom. The summed E-state index contributed by atoms with van der Waals surface area (Å²) in [4.78, 5) is 38.6. The van der Waals surface area contributed by atoms with Gasteiger partial charge in [-0.1, -0.05) is 62.4 Å². The van der Waals surface area contributed by atoms with Crippen LogP contribution in [0.4, 0.5) is 4.79 Å². The first kappa shape index (κ1) is 25.2. The van der Waals surface area contributed by atoms with E-state index in [-0.39, 0.29) is 31.6 Å². The first-order valence-corrected chi connectivity index (χ1v) is 11.3. The van der Waals surface area contributed by atoms with Crippen LogP contribution in [0, 0.1) is 5.92 Å². The van der Waals surface area contributed by atoms with Crippen molar-refractivity contribution in [2.75, 3.05) is 33.4 Å². The minimum atomic E-state index is -1.48. The summed E-state index contributed by atoms with van der Waals surface area (Å²) < 4.78 is 10.8. The number of aliphatic carboxylic acids is 1. The highest BCUT2D eigenvalue weighted by molar-refractivity contribution is 5.91. The van der Waals surface area contributed by atoms with Gasteiger partial charge < -0.3 is 24.8 Å². The number of carboxylic acid groups (broad SMARTS) is 1. The Hall–Kier alpha value is -3.39. The molecule has 0 saturated carbocycles. The van der Waals surface area contributed by atoms with Gasteiger partial charge in [-0.15, -0.1) is 0 Å². The maximum Gasteiger partial charge on any atom is 0.408 e. The average Bonchev–Trinajstić information content (AvgIpc) is 3.10. The molecule has 1 unspecified atom stereocenters. The van der Waals surface area contributed by atoms with Crippen LogP contribution in [-0.4, -0.2) is 66.9 Å². The fourth-order valence-electron chi connectivity index (χ4n) is 4.47. The van der Waals surface area contributed by atoms with Gasteiger partial charge in [0.1, 0.15) is 18.7 Å². The van der Waals surface area contributed by atoms with Crippen LogP contribution in [0.3, 0.4) is 0 Å². The molecule has 2 aromatic carbocycles. The van der Waals surface area contributed by atoms with Crippen LogP contribution in [0.1, 0.15) is 37.8 Å². The van der Waals surface area contributed by atoms with E-state index in [0.717, 1.165) is 22.3 Å². The van der Waals surface area contributed by atoms with Crippen molar-refractivity contribution < 1.29 is 29.0 Å². The average molecular weight is 469 g/mol. The lowest BCUT2D eigenvalue weighted by Gasteiger charge is -2.34. The molecule has 0 bridgehead atoms. The molecule has 1 aliphatic carbocycles. The summed E-state index contributed by atoms with van der Waals surface area (Å²) in [5.74, 6) is -1.75. The number of benzene rings is 2. The summed E-state index contributed by atoms with van der Waals surface area (Å²) >= 11 is 0. The van der Waals surface area contributed by atoms with E-state index in [1.807, 2.05) is 62.4 Å². The molecule has 0 aromatic heterocycles. The predicted octanol–water partition coefficient (Wildman–Crippen LogP) is 3.50. The lowest BCUT2D eigenvalue weighted by molar-refractivity contribution is -0.148. The molecule has 2 N–H and O–H groups in total. The number of carbonyl (C=O) groups is 3. The largest absolute Gasteiger partial charge is 0.480 e. The fourth-order valence-corrected chi connectivity index (χ4v) is 4.47. The molecule has 0 heterocycles. The summed E-state index contributed by atoms with van der Waals surface area (Å²) in [6.07, 6.45) is -0.769. The third-order valence-corrected chi connectivity index (χ3v) is 5.83. The van der Waals surface area contributed by atoms with E-state index in [9.17, 15) is 19.5 Å². The van der Waals surface area contributed by atoms with E-state index >= 15 is 0 Å². The van der Waals surface area contributed by atoms with E-state index in [1.165, 1.54) is 18.9 Å². The number of amides is 2. The number of ether oxygens (including phenoxy) is 2. The molecule has 0 aliphatic heterocycles. The van der Waals surface area contributed by atoms with E-state index in [1.54, 1.807) is 0 Å². The Balaban J connectivity index is 1.74. The van der Waals surface area contributed by atoms with Crippen molar-refractivity contribution in [1.82, 2.24) is 10.2 Å². The van der Waals surface area contributed by atoms with E-state index in [4.69, 9.17) is 9.47 Å². The van der Waals surface area contributed by atoms with Crippen LogP contribution in [0.25, 0.3) is 11.1 Å². The minimum Gasteiger partial charge on any atom is -0.480 e. The molecule has 1 atom stereocenters. The maximum atomic E-state index is 13.3. The summed E-state index contributed by atoms with van der Waals surface area (Å²) in [7, 11) is 1.41. The van der Waals surface area contributed by atoms with Crippen LogP contribution in [0.2, 0.25) is 0 Å². The van der Waals surface area contributed by atoms with Gasteiger partial charge in [-0.2, -0.15) is 0 Å². The zero-order valence-electron chi connectivity index (χ0n) is 20.0. The van der Waals surface area contributed by atoms with Crippen molar-refractivity contribution in [2.45, 2.75) is 32.2 Å². The van der Waals surface area contributed by atoms with Crippen LogP contribution in [0.15, 0.2) is 48.5 Å². The second kappa shape index (κ2) is 10.7. The molecule has 0 saturated heterocycles. The topological polar surface area (TPSA) is 105 Å². The zero-order chi connectivity index (χ0) is 24.9. The monoisotopic (exact) mass is 468 g/mol. The zero-order valence-corrected chi connectivity index (χ0v) is 20.0. The Morgan fingerprint density at radius 1 is 1.06 bits per heavy atom. The van der Waals surface area contributed by atoms with Gasteiger partial charge in [0.2, 0.25) is 0 Å². The number of fused-ring (bicyclic) bond motifs is 3. The number of rotatable bonds is 10. The molecule has 0 spiro atoms. The van der Waals surface area contributed by atoms with Gasteiger partial charge in [-0.3, -0.25) is 9.59 Å². The van der Waals surface area contributed by atoms with Gasteiger partial charge in [0.05, 0.1) is 6.61 Å². The van der Waals surface area contributed by atoms with Crippen LogP contribution < -0.4 is 5.32 Å². The molecule has 3 rings (SSSR count). The van der Waals surface area contributed by atoms with Gasteiger partial charge in [0, 0.05) is 19.6 Å². The number of methoxy groups -OCH3 is 1. The van der Waals surface area contributed by atoms with Crippen molar-refractivity contribution in [3.05, 3.63) is 59.7 Å². The van der Waals surface area contributed by atoms with Gasteiger partial charge in [0.25, 0.3) is 5.91 Å². The molecular weight excluding hydrogens is 436 g/mol. The third kappa shape index (κ3) is 5.56. The molecule has 8 heteroatoms. The van der Waals surface area contributed by atoms with E-state index in [2.05, 4.69) is 5.32 Å². The molecule has 0 radical (unpaired) electrons. The highest BCUT2D eigenvalue weighted by Gasteiger charge is 2.40. The lowest BCUT2D eigenvalue weighted by atomic mass is 9.98. The number of nitrogens with one attached hydrogen (secondary N) is 1. The quantitative estimate of drug-likeness (QED) is 0.553. The molecule has 34 heavy (non-hydrogen) atoms. The Morgan fingerprint density at radius 2 is 1.62 bits per heavy atom. The van der Waals surface area contributed by atoms with Crippen LogP contribution >= 0.6 is 0 Å².